The third-order valence-corrected chi connectivity index (χ3v) is 2.67. The summed E-state index contributed by atoms with van der Waals surface area (Å²) < 4.78 is 5.06. The Labute approximate surface area is 107 Å². The lowest BCUT2D eigenvalue weighted by atomic mass is 10.1. The molecule has 3 N–H and O–H groups in total. The number of rotatable bonds is 5. The van der Waals surface area contributed by atoms with Crippen LogP contribution in [0.25, 0.3) is 0 Å². The van der Waals surface area contributed by atoms with E-state index in [4.69, 9.17) is 10.5 Å². The first-order valence-electron chi connectivity index (χ1n) is 5.83. The molecule has 18 heavy (non-hydrogen) atoms. The van der Waals surface area contributed by atoms with Crippen molar-refractivity contribution in [3.63, 3.8) is 0 Å². The van der Waals surface area contributed by atoms with E-state index in [9.17, 15) is 0 Å². The van der Waals surface area contributed by atoms with E-state index in [-0.39, 0.29) is 0 Å². The van der Waals surface area contributed by atoms with E-state index < -0.39 is 0 Å². The molecule has 0 unspecified atom stereocenters. The standard InChI is InChI=1S/C14H17N3O/c1-18-13-5-6-14(17-10-13)16-9-12-4-2-3-11(7-12)8-15/h2-7,10H,8-9,15H2,1H3,(H,16,17). The van der Waals surface area contributed by atoms with Gasteiger partial charge in [0.15, 0.2) is 0 Å². The second-order valence-corrected chi connectivity index (χ2v) is 3.96. The fraction of sp³-hybridized carbons (Fsp3) is 0.214. The number of methoxy groups -OCH3 is 1. The SMILES string of the molecule is COc1ccc(NCc2cccc(CN)c2)nc1. The molecule has 2 aromatic rings. The van der Waals surface area contributed by atoms with E-state index in [1.807, 2.05) is 24.3 Å². The number of hydrogen-bond donors (Lipinski definition) is 2. The molecule has 0 radical (unpaired) electrons. The quantitative estimate of drug-likeness (QED) is 0.844. The predicted molar refractivity (Wildman–Crippen MR) is 72.4 cm³/mol. The molecule has 0 aliphatic heterocycles. The molecule has 0 saturated carbocycles. The van der Waals surface area contributed by atoms with Crippen LogP contribution in [0.3, 0.4) is 0 Å². The Morgan fingerprint density at radius 1 is 1.22 bits per heavy atom. The molecule has 1 aromatic heterocycles. The predicted octanol–water partition coefficient (Wildman–Crippen LogP) is 2.16. The summed E-state index contributed by atoms with van der Waals surface area (Å²) in [4.78, 5) is 4.25. The highest BCUT2D eigenvalue weighted by Crippen LogP contribution is 2.12. The Bertz CT molecular complexity index is 497. The van der Waals surface area contributed by atoms with Crippen LogP contribution in [0.15, 0.2) is 42.6 Å². The number of nitrogens with zero attached hydrogens (tertiary/aromatic N) is 1. The fourth-order valence-electron chi connectivity index (χ4n) is 1.66. The summed E-state index contributed by atoms with van der Waals surface area (Å²) >= 11 is 0. The number of ether oxygens (including phenoxy) is 1. The van der Waals surface area contributed by atoms with Crippen molar-refractivity contribution in [3.8, 4) is 5.75 Å². The van der Waals surface area contributed by atoms with Crippen LogP contribution in [0.2, 0.25) is 0 Å². The maximum atomic E-state index is 5.61. The average Bonchev–Trinajstić information content (AvgIpc) is 2.46. The molecule has 0 spiro atoms. The van der Waals surface area contributed by atoms with E-state index in [0.29, 0.717) is 6.54 Å². The average molecular weight is 243 g/mol. The van der Waals surface area contributed by atoms with Crippen LogP contribution in [0.5, 0.6) is 5.75 Å². The van der Waals surface area contributed by atoms with Gasteiger partial charge in [0.05, 0.1) is 13.3 Å². The van der Waals surface area contributed by atoms with Gasteiger partial charge in [0.25, 0.3) is 0 Å². The van der Waals surface area contributed by atoms with Crippen LogP contribution in [0.1, 0.15) is 11.1 Å². The van der Waals surface area contributed by atoms with Gasteiger partial charge < -0.3 is 15.8 Å². The maximum Gasteiger partial charge on any atom is 0.137 e. The van der Waals surface area contributed by atoms with Crippen molar-refractivity contribution in [3.05, 3.63) is 53.7 Å². The molecule has 0 bridgehead atoms. The van der Waals surface area contributed by atoms with Crippen LogP contribution in [0.4, 0.5) is 5.82 Å². The van der Waals surface area contributed by atoms with Crippen molar-refractivity contribution in [1.82, 2.24) is 4.98 Å². The van der Waals surface area contributed by atoms with Crippen LogP contribution in [-0.2, 0) is 13.1 Å². The summed E-state index contributed by atoms with van der Waals surface area (Å²) in [6.45, 7) is 1.29. The van der Waals surface area contributed by atoms with E-state index in [1.54, 1.807) is 13.3 Å². The monoisotopic (exact) mass is 243 g/mol. The molecule has 0 aliphatic rings. The lowest BCUT2D eigenvalue weighted by Gasteiger charge is -2.07. The zero-order valence-electron chi connectivity index (χ0n) is 10.4. The molecule has 2 rings (SSSR count). The summed E-state index contributed by atoms with van der Waals surface area (Å²) in [5, 5.41) is 3.26. The van der Waals surface area contributed by atoms with Gasteiger partial charge in [0.2, 0.25) is 0 Å². The number of nitrogens with one attached hydrogen (secondary N) is 1. The molecule has 4 nitrogen and oxygen atoms in total. The molecule has 0 fully saturated rings. The maximum absolute atomic E-state index is 5.61. The van der Waals surface area contributed by atoms with Gasteiger partial charge in [-0.15, -0.1) is 0 Å². The number of benzene rings is 1. The van der Waals surface area contributed by atoms with Crippen molar-refractivity contribution in [1.29, 1.82) is 0 Å². The Morgan fingerprint density at radius 3 is 2.72 bits per heavy atom. The van der Waals surface area contributed by atoms with Crippen LogP contribution in [0, 0.1) is 0 Å². The Balaban J connectivity index is 1.97. The molecule has 0 atom stereocenters. The van der Waals surface area contributed by atoms with Crippen molar-refractivity contribution in [2.75, 3.05) is 12.4 Å². The first kappa shape index (κ1) is 12.4. The lowest BCUT2D eigenvalue weighted by Crippen LogP contribution is -2.03. The Kier molecular flexibility index (Phi) is 4.15. The highest BCUT2D eigenvalue weighted by molar-refractivity contribution is 5.38. The van der Waals surface area contributed by atoms with Crippen molar-refractivity contribution < 1.29 is 4.74 Å². The molecule has 4 heteroatoms. The molecule has 0 aliphatic carbocycles. The van der Waals surface area contributed by atoms with Gasteiger partial charge in [-0.3, -0.25) is 0 Å². The van der Waals surface area contributed by atoms with Gasteiger partial charge in [-0.2, -0.15) is 0 Å². The van der Waals surface area contributed by atoms with E-state index in [0.717, 1.165) is 23.7 Å². The Hall–Kier alpha value is -2.07. The van der Waals surface area contributed by atoms with Crippen LogP contribution in [-0.4, -0.2) is 12.1 Å². The van der Waals surface area contributed by atoms with Crippen LogP contribution >= 0.6 is 0 Å². The minimum Gasteiger partial charge on any atom is -0.495 e. The molecule has 0 saturated heterocycles. The number of nitrogens with two attached hydrogens (primary N) is 1. The molecule has 1 aromatic carbocycles. The zero-order valence-corrected chi connectivity index (χ0v) is 10.4. The van der Waals surface area contributed by atoms with Gasteiger partial charge in [-0.25, -0.2) is 4.98 Å². The summed E-state index contributed by atoms with van der Waals surface area (Å²) in [7, 11) is 1.63. The van der Waals surface area contributed by atoms with E-state index in [1.165, 1.54) is 5.56 Å². The first-order chi connectivity index (χ1) is 8.81. The molecule has 0 amide bonds. The van der Waals surface area contributed by atoms with E-state index >= 15 is 0 Å². The molecule has 1 heterocycles. The summed E-state index contributed by atoms with van der Waals surface area (Å²) in [6.07, 6.45) is 1.69. The number of pyridine rings is 1. The van der Waals surface area contributed by atoms with E-state index in [2.05, 4.69) is 22.4 Å². The van der Waals surface area contributed by atoms with Gasteiger partial charge in [0, 0.05) is 13.1 Å². The minimum atomic E-state index is 0.564. The highest BCUT2D eigenvalue weighted by atomic mass is 16.5. The molecular formula is C14H17N3O. The second-order valence-electron chi connectivity index (χ2n) is 3.96. The normalized spacial score (nSPS) is 10.1. The van der Waals surface area contributed by atoms with Gasteiger partial charge >= 0.3 is 0 Å². The molecule has 94 valence electrons. The third kappa shape index (κ3) is 3.21. The van der Waals surface area contributed by atoms with Gasteiger partial charge in [-0.05, 0) is 23.3 Å². The number of aromatic nitrogens is 1. The number of anilines is 1. The van der Waals surface area contributed by atoms with Crippen molar-refractivity contribution in [2.45, 2.75) is 13.1 Å². The van der Waals surface area contributed by atoms with Crippen molar-refractivity contribution >= 4 is 5.82 Å². The topological polar surface area (TPSA) is 60.2 Å². The zero-order chi connectivity index (χ0) is 12.8. The summed E-state index contributed by atoms with van der Waals surface area (Å²) in [6, 6.07) is 12.0. The van der Waals surface area contributed by atoms with Crippen molar-refractivity contribution in [2.24, 2.45) is 5.73 Å². The molecular weight excluding hydrogens is 226 g/mol. The van der Waals surface area contributed by atoms with Crippen LogP contribution < -0.4 is 15.8 Å². The third-order valence-electron chi connectivity index (χ3n) is 2.67. The smallest absolute Gasteiger partial charge is 0.137 e. The fourth-order valence-corrected chi connectivity index (χ4v) is 1.66. The minimum absolute atomic E-state index is 0.564. The lowest BCUT2D eigenvalue weighted by molar-refractivity contribution is 0.413. The Morgan fingerprint density at radius 2 is 2.06 bits per heavy atom. The largest absolute Gasteiger partial charge is 0.495 e. The van der Waals surface area contributed by atoms with Gasteiger partial charge in [0.1, 0.15) is 11.6 Å². The highest BCUT2D eigenvalue weighted by Gasteiger charge is 1.97. The summed E-state index contributed by atoms with van der Waals surface area (Å²) in [5.41, 5.74) is 7.94. The first-order valence-corrected chi connectivity index (χ1v) is 5.83. The summed E-state index contributed by atoms with van der Waals surface area (Å²) in [5.74, 6) is 1.58. The number of hydrogen-bond acceptors (Lipinski definition) is 4. The van der Waals surface area contributed by atoms with Gasteiger partial charge in [-0.1, -0.05) is 24.3 Å². The second kappa shape index (κ2) is 6.02.